The zero-order valence-electron chi connectivity index (χ0n) is 18.0. The van der Waals surface area contributed by atoms with Crippen LogP contribution in [0.1, 0.15) is 36.9 Å². The summed E-state index contributed by atoms with van der Waals surface area (Å²) >= 11 is 0. The van der Waals surface area contributed by atoms with Gasteiger partial charge in [-0.3, -0.25) is 9.59 Å². The molecule has 2 aromatic carbocycles. The number of hydrogen-bond donors (Lipinski definition) is 2. The molecule has 1 aliphatic heterocycles. The van der Waals surface area contributed by atoms with E-state index >= 15 is 0 Å². The van der Waals surface area contributed by atoms with E-state index in [1.807, 2.05) is 6.92 Å². The van der Waals surface area contributed by atoms with Crippen LogP contribution in [0.3, 0.4) is 0 Å². The Morgan fingerprint density at radius 2 is 1.97 bits per heavy atom. The molecule has 2 aromatic rings. The predicted octanol–water partition coefficient (Wildman–Crippen LogP) is 3.43. The van der Waals surface area contributed by atoms with Gasteiger partial charge in [0, 0.05) is 6.54 Å². The van der Waals surface area contributed by atoms with Gasteiger partial charge in [0.1, 0.15) is 29.7 Å². The minimum atomic E-state index is -0.882. The summed E-state index contributed by atoms with van der Waals surface area (Å²) in [5.74, 6) is -2.10. The number of unbranched alkanes of at least 4 members (excludes halogenated alkanes) is 1. The van der Waals surface area contributed by atoms with Crippen LogP contribution in [-0.2, 0) is 9.59 Å². The first-order valence-corrected chi connectivity index (χ1v) is 10.4. The fraction of sp³-hybridized carbons (Fsp3) is 0.333. The first-order chi connectivity index (χ1) is 15.4. The van der Waals surface area contributed by atoms with Crippen molar-refractivity contribution in [3.05, 3.63) is 65.0 Å². The number of Topliss-reactive ketones (excluding diaryl/α,β-unsaturated/α-hetero) is 1. The number of nitrogens with zero attached hydrogens (tertiary/aromatic N) is 1. The lowest BCUT2D eigenvalue weighted by Gasteiger charge is -2.25. The van der Waals surface area contributed by atoms with Crippen LogP contribution in [0, 0.1) is 5.82 Å². The maximum atomic E-state index is 14.0. The minimum absolute atomic E-state index is 0.0151. The van der Waals surface area contributed by atoms with Crippen LogP contribution in [0.2, 0.25) is 0 Å². The summed E-state index contributed by atoms with van der Waals surface area (Å²) in [6.45, 7) is 2.19. The van der Waals surface area contributed by atoms with Crippen LogP contribution in [-0.4, -0.2) is 53.7 Å². The van der Waals surface area contributed by atoms with Crippen LogP contribution in [0.25, 0.3) is 5.76 Å². The van der Waals surface area contributed by atoms with E-state index in [2.05, 4.69) is 0 Å². The minimum Gasteiger partial charge on any atom is -0.507 e. The second kappa shape index (κ2) is 10.3. The summed E-state index contributed by atoms with van der Waals surface area (Å²) in [6.07, 6.45) is 1.46. The number of ether oxygens (including phenoxy) is 2. The van der Waals surface area contributed by atoms with Gasteiger partial charge in [-0.15, -0.1) is 0 Å². The number of aliphatic hydroxyl groups is 2. The Morgan fingerprint density at radius 3 is 2.66 bits per heavy atom. The van der Waals surface area contributed by atoms with Crippen LogP contribution in [0.15, 0.2) is 48.0 Å². The quantitative estimate of drug-likeness (QED) is 0.350. The van der Waals surface area contributed by atoms with E-state index in [9.17, 15) is 19.1 Å². The average Bonchev–Trinajstić information content (AvgIpc) is 3.05. The molecule has 0 radical (unpaired) electrons. The number of benzene rings is 2. The molecule has 0 spiro atoms. The molecule has 1 saturated heterocycles. The Hall–Kier alpha value is -3.39. The number of ketones is 1. The Morgan fingerprint density at radius 1 is 1.19 bits per heavy atom. The molecular formula is C24H26FNO6. The topological polar surface area (TPSA) is 96.3 Å². The zero-order chi connectivity index (χ0) is 23.3. The van der Waals surface area contributed by atoms with Gasteiger partial charge in [0.05, 0.1) is 30.9 Å². The summed E-state index contributed by atoms with van der Waals surface area (Å²) in [5.41, 5.74) is 0.389. The van der Waals surface area contributed by atoms with Crippen LogP contribution in [0.5, 0.6) is 11.5 Å². The average molecular weight is 443 g/mol. The largest absolute Gasteiger partial charge is 0.507 e. The van der Waals surface area contributed by atoms with Crippen molar-refractivity contribution in [1.82, 2.24) is 4.90 Å². The fourth-order valence-corrected chi connectivity index (χ4v) is 3.73. The lowest BCUT2D eigenvalue weighted by atomic mass is 9.94. The molecule has 3 rings (SSSR count). The molecule has 2 N–H and O–H groups in total. The van der Waals surface area contributed by atoms with Crippen LogP contribution in [0.4, 0.5) is 4.39 Å². The third-order valence-corrected chi connectivity index (χ3v) is 5.24. The lowest BCUT2D eigenvalue weighted by Crippen LogP contribution is -2.30. The zero-order valence-corrected chi connectivity index (χ0v) is 18.0. The Bertz CT molecular complexity index is 1030. The molecule has 7 nitrogen and oxygen atoms in total. The van der Waals surface area contributed by atoms with Crippen molar-refractivity contribution in [3.8, 4) is 11.5 Å². The van der Waals surface area contributed by atoms with E-state index in [4.69, 9.17) is 14.6 Å². The normalized spacial score (nSPS) is 17.6. The van der Waals surface area contributed by atoms with Gasteiger partial charge < -0.3 is 24.6 Å². The van der Waals surface area contributed by atoms with Crippen molar-refractivity contribution in [2.45, 2.75) is 25.8 Å². The van der Waals surface area contributed by atoms with E-state index in [1.54, 1.807) is 24.3 Å². The number of carbonyl (C=O) groups excluding carboxylic acids is 2. The highest BCUT2D eigenvalue weighted by atomic mass is 19.1. The summed E-state index contributed by atoms with van der Waals surface area (Å²) in [6, 6.07) is 9.46. The molecule has 0 saturated carbocycles. The highest BCUT2D eigenvalue weighted by molar-refractivity contribution is 6.46. The molecule has 1 atom stereocenters. The molecule has 1 heterocycles. The van der Waals surface area contributed by atoms with Crippen molar-refractivity contribution < 1.29 is 33.7 Å². The SMILES string of the molecule is CCCCN1C(=O)C(=O)/C(=C(/O)c2cc(F)ccc2OC)C1c1cccc(OCCO)c1. The molecule has 1 aliphatic rings. The summed E-state index contributed by atoms with van der Waals surface area (Å²) in [4.78, 5) is 27.3. The van der Waals surface area contributed by atoms with E-state index < -0.39 is 29.3 Å². The highest BCUT2D eigenvalue weighted by Crippen LogP contribution is 2.41. The van der Waals surface area contributed by atoms with Gasteiger partial charge in [-0.25, -0.2) is 4.39 Å². The number of carbonyl (C=O) groups is 2. The maximum absolute atomic E-state index is 14.0. The number of likely N-dealkylation sites (tertiary alicyclic amines) is 1. The van der Waals surface area contributed by atoms with Gasteiger partial charge in [0.25, 0.3) is 11.7 Å². The van der Waals surface area contributed by atoms with E-state index in [1.165, 1.54) is 24.1 Å². The second-order valence-electron chi connectivity index (χ2n) is 7.34. The predicted molar refractivity (Wildman–Crippen MR) is 116 cm³/mol. The Kier molecular flexibility index (Phi) is 7.48. The van der Waals surface area contributed by atoms with Gasteiger partial charge in [-0.05, 0) is 42.3 Å². The molecule has 1 unspecified atom stereocenters. The molecule has 0 aromatic heterocycles. The van der Waals surface area contributed by atoms with E-state index in [0.717, 1.165) is 12.5 Å². The van der Waals surface area contributed by atoms with Crippen LogP contribution >= 0.6 is 0 Å². The van der Waals surface area contributed by atoms with Gasteiger partial charge in [-0.2, -0.15) is 0 Å². The van der Waals surface area contributed by atoms with Crippen molar-refractivity contribution in [1.29, 1.82) is 0 Å². The van der Waals surface area contributed by atoms with E-state index in [0.29, 0.717) is 24.3 Å². The van der Waals surface area contributed by atoms with Crippen molar-refractivity contribution >= 4 is 17.4 Å². The monoisotopic (exact) mass is 443 g/mol. The maximum Gasteiger partial charge on any atom is 0.295 e. The molecule has 8 heteroatoms. The lowest BCUT2D eigenvalue weighted by molar-refractivity contribution is -0.139. The Balaban J connectivity index is 2.19. The Labute approximate surface area is 185 Å². The first-order valence-electron chi connectivity index (χ1n) is 10.4. The third kappa shape index (κ3) is 4.60. The van der Waals surface area contributed by atoms with E-state index in [-0.39, 0.29) is 30.1 Å². The van der Waals surface area contributed by atoms with Gasteiger partial charge in [0.15, 0.2) is 0 Å². The van der Waals surface area contributed by atoms with Gasteiger partial charge >= 0.3 is 0 Å². The van der Waals surface area contributed by atoms with Gasteiger partial charge in [0.2, 0.25) is 0 Å². The van der Waals surface area contributed by atoms with Crippen LogP contribution < -0.4 is 9.47 Å². The summed E-state index contributed by atoms with van der Waals surface area (Å²) in [7, 11) is 1.36. The van der Waals surface area contributed by atoms with Crippen molar-refractivity contribution in [2.24, 2.45) is 0 Å². The molecular weight excluding hydrogens is 417 g/mol. The van der Waals surface area contributed by atoms with Crippen molar-refractivity contribution in [2.75, 3.05) is 26.9 Å². The number of methoxy groups -OCH3 is 1. The smallest absolute Gasteiger partial charge is 0.295 e. The molecule has 0 aliphatic carbocycles. The number of halogens is 1. The van der Waals surface area contributed by atoms with Crippen molar-refractivity contribution in [3.63, 3.8) is 0 Å². The standard InChI is InChI=1S/C24H26FNO6/c1-3-4-10-26-21(15-6-5-7-17(13-15)32-12-11-27)20(23(29)24(26)30)22(28)18-14-16(25)8-9-19(18)31-2/h5-9,13-14,21,27-28H,3-4,10-12H2,1-2H3/b22-20+. The second-order valence-corrected chi connectivity index (χ2v) is 7.34. The number of hydrogen-bond acceptors (Lipinski definition) is 6. The van der Waals surface area contributed by atoms with Gasteiger partial charge in [-0.1, -0.05) is 25.5 Å². The number of aliphatic hydroxyl groups excluding tert-OH is 2. The summed E-state index contributed by atoms with van der Waals surface area (Å²) < 4.78 is 24.6. The molecule has 170 valence electrons. The molecule has 1 amide bonds. The number of rotatable bonds is 9. The molecule has 1 fully saturated rings. The molecule has 32 heavy (non-hydrogen) atoms. The molecule has 0 bridgehead atoms. The third-order valence-electron chi connectivity index (χ3n) is 5.24. The first kappa shape index (κ1) is 23.3. The highest BCUT2D eigenvalue weighted by Gasteiger charge is 2.46. The fourth-order valence-electron chi connectivity index (χ4n) is 3.73. The summed E-state index contributed by atoms with van der Waals surface area (Å²) in [5, 5.41) is 20.1. The number of amides is 1.